The first-order chi connectivity index (χ1) is 13.8. The molecule has 1 heterocycles. The number of hydrogen-bond acceptors (Lipinski definition) is 7. The zero-order valence-corrected chi connectivity index (χ0v) is 17.7. The fraction of sp³-hybridized carbons (Fsp3) is 0.571. The smallest absolute Gasteiger partial charge is 0.261 e. The number of nitrogens with zero attached hydrogens (tertiary/aromatic N) is 3. The van der Waals surface area contributed by atoms with Crippen LogP contribution in [0, 0.1) is 24.2 Å². The van der Waals surface area contributed by atoms with Crippen LogP contribution in [0.1, 0.15) is 49.0 Å². The molecule has 1 saturated carbocycles. The van der Waals surface area contributed by atoms with Crippen molar-refractivity contribution in [2.75, 3.05) is 35.7 Å². The molecule has 2 fully saturated rings. The summed E-state index contributed by atoms with van der Waals surface area (Å²) in [6.45, 7) is 7.33. The van der Waals surface area contributed by atoms with E-state index in [1.807, 2.05) is 20.0 Å². The predicted molar refractivity (Wildman–Crippen MR) is 116 cm³/mol. The van der Waals surface area contributed by atoms with Gasteiger partial charge in [-0.1, -0.05) is 0 Å². The summed E-state index contributed by atoms with van der Waals surface area (Å²) in [4.78, 5) is 27.7. The molecule has 1 aliphatic heterocycles. The highest BCUT2D eigenvalue weighted by molar-refractivity contribution is 6.09. The second-order valence-electron chi connectivity index (χ2n) is 7.84. The van der Waals surface area contributed by atoms with Crippen LogP contribution in [-0.2, 0) is 4.79 Å². The van der Waals surface area contributed by atoms with E-state index in [9.17, 15) is 9.59 Å². The molecule has 8 nitrogen and oxygen atoms in total. The van der Waals surface area contributed by atoms with Crippen LogP contribution < -0.4 is 26.6 Å². The third kappa shape index (κ3) is 4.98. The van der Waals surface area contributed by atoms with Crippen molar-refractivity contribution in [3.05, 3.63) is 17.2 Å². The normalized spacial score (nSPS) is 18.9. The molecule has 1 aromatic rings. The molecular formula is C21H32N6O2. The topological polar surface area (TPSA) is 128 Å². The van der Waals surface area contributed by atoms with Crippen LogP contribution in [0.5, 0.6) is 0 Å². The van der Waals surface area contributed by atoms with Crippen molar-refractivity contribution >= 4 is 29.4 Å². The predicted octanol–water partition coefficient (Wildman–Crippen LogP) is 1.77. The SMILES string of the molecule is CC#N.Cc1c(N2CCC(C(C)N)C2)cc(N)c(C(=O)NC=O)c1N(C)C1CC1. The number of imide groups is 1. The Morgan fingerprint density at radius 2 is 2.07 bits per heavy atom. The minimum Gasteiger partial charge on any atom is -0.398 e. The standard InChI is InChI=1S/C19H29N5O2.C2H3N/c1-11-16(24-7-6-13(9-24)12(2)20)8-15(21)17(19(26)22-10-25)18(11)23(3)14-4-5-14;1-2-3/h8,10,12-14H,4-7,9,20-21H2,1-3H3,(H,22,25,26);1H3. The average Bonchev–Trinajstić information content (AvgIpc) is 3.39. The lowest BCUT2D eigenvalue weighted by atomic mass is 10.00. The number of anilines is 3. The molecule has 2 aliphatic rings. The molecule has 3 rings (SSSR count). The molecule has 0 bridgehead atoms. The lowest BCUT2D eigenvalue weighted by molar-refractivity contribution is -0.108. The Kier molecular flexibility index (Phi) is 7.46. The molecule has 0 spiro atoms. The van der Waals surface area contributed by atoms with E-state index in [-0.39, 0.29) is 6.04 Å². The van der Waals surface area contributed by atoms with Gasteiger partial charge in [0.25, 0.3) is 5.91 Å². The zero-order chi connectivity index (χ0) is 21.7. The lowest BCUT2D eigenvalue weighted by Crippen LogP contribution is -2.32. The molecule has 1 aromatic carbocycles. The molecule has 2 atom stereocenters. The van der Waals surface area contributed by atoms with Crippen molar-refractivity contribution in [2.45, 2.75) is 52.1 Å². The molecule has 8 heteroatoms. The van der Waals surface area contributed by atoms with Crippen LogP contribution in [0.3, 0.4) is 0 Å². The third-order valence-electron chi connectivity index (χ3n) is 5.73. The maximum Gasteiger partial charge on any atom is 0.261 e. The van der Waals surface area contributed by atoms with Gasteiger partial charge < -0.3 is 21.3 Å². The van der Waals surface area contributed by atoms with Gasteiger partial charge in [-0.3, -0.25) is 14.9 Å². The van der Waals surface area contributed by atoms with E-state index < -0.39 is 5.91 Å². The molecule has 2 unspecified atom stereocenters. The Hall–Kier alpha value is -2.79. The number of nitrogens with two attached hydrogens (primary N) is 2. The number of amides is 2. The Balaban J connectivity index is 0.000000941. The van der Waals surface area contributed by atoms with Gasteiger partial charge >= 0.3 is 0 Å². The molecule has 1 saturated heterocycles. The van der Waals surface area contributed by atoms with Gasteiger partial charge in [0.05, 0.1) is 17.3 Å². The molecule has 1 aliphatic carbocycles. The summed E-state index contributed by atoms with van der Waals surface area (Å²) in [5.41, 5.74) is 16.1. The van der Waals surface area contributed by atoms with Crippen LogP contribution >= 0.6 is 0 Å². The number of nitrogens with one attached hydrogen (secondary N) is 1. The monoisotopic (exact) mass is 400 g/mol. The van der Waals surface area contributed by atoms with Gasteiger partial charge in [-0.15, -0.1) is 0 Å². The molecule has 2 amide bonds. The van der Waals surface area contributed by atoms with E-state index in [0.717, 1.165) is 49.3 Å². The van der Waals surface area contributed by atoms with Gasteiger partial charge in [0.1, 0.15) is 0 Å². The van der Waals surface area contributed by atoms with Gasteiger partial charge in [0.2, 0.25) is 6.41 Å². The Morgan fingerprint density at radius 1 is 1.45 bits per heavy atom. The van der Waals surface area contributed by atoms with Gasteiger partial charge in [-0.25, -0.2) is 0 Å². The Labute approximate surface area is 172 Å². The molecule has 5 N–H and O–H groups in total. The van der Waals surface area contributed by atoms with Crippen LogP contribution in [0.15, 0.2) is 6.07 Å². The summed E-state index contributed by atoms with van der Waals surface area (Å²) in [6.07, 6.45) is 3.66. The Bertz CT molecular complexity index is 797. The fourth-order valence-electron chi connectivity index (χ4n) is 3.99. The quantitative estimate of drug-likeness (QED) is 0.490. The lowest BCUT2D eigenvalue weighted by Gasteiger charge is -2.30. The summed E-state index contributed by atoms with van der Waals surface area (Å²) in [5, 5.41) is 9.56. The number of hydrogen-bond donors (Lipinski definition) is 3. The van der Waals surface area contributed by atoms with Crippen molar-refractivity contribution in [1.82, 2.24) is 5.32 Å². The van der Waals surface area contributed by atoms with E-state index in [1.165, 1.54) is 6.92 Å². The van der Waals surface area contributed by atoms with E-state index in [2.05, 4.69) is 22.0 Å². The molecule has 0 radical (unpaired) electrons. The summed E-state index contributed by atoms with van der Waals surface area (Å²) in [6, 6.07) is 4.19. The van der Waals surface area contributed by atoms with Crippen molar-refractivity contribution in [3.8, 4) is 6.07 Å². The number of carbonyl (C=O) groups is 2. The van der Waals surface area contributed by atoms with Crippen LogP contribution in [0.2, 0.25) is 0 Å². The van der Waals surface area contributed by atoms with Gasteiger partial charge in [0.15, 0.2) is 0 Å². The highest BCUT2D eigenvalue weighted by Crippen LogP contribution is 2.42. The minimum atomic E-state index is -0.454. The summed E-state index contributed by atoms with van der Waals surface area (Å²) >= 11 is 0. The van der Waals surface area contributed by atoms with E-state index >= 15 is 0 Å². The summed E-state index contributed by atoms with van der Waals surface area (Å²) in [7, 11) is 2.00. The molecule has 0 aromatic heterocycles. The highest BCUT2D eigenvalue weighted by Gasteiger charge is 2.33. The fourth-order valence-corrected chi connectivity index (χ4v) is 3.99. The first kappa shape index (κ1) is 22.5. The largest absolute Gasteiger partial charge is 0.398 e. The van der Waals surface area contributed by atoms with Crippen LogP contribution in [0.4, 0.5) is 17.1 Å². The first-order valence-electron chi connectivity index (χ1n) is 9.98. The number of nitriles is 1. The number of benzene rings is 1. The van der Waals surface area contributed by atoms with Crippen molar-refractivity contribution in [2.24, 2.45) is 11.7 Å². The maximum absolute atomic E-state index is 12.5. The van der Waals surface area contributed by atoms with Gasteiger partial charge in [0, 0.05) is 50.5 Å². The molecule has 29 heavy (non-hydrogen) atoms. The third-order valence-corrected chi connectivity index (χ3v) is 5.73. The van der Waals surface area contributed by atoms with Gasteiger partial charge in [-0.2, -0.15) is 5.26 Å². The summed E-state index contributed by atoms with van der Waals surface area (Å²) in [5.74, 6) is 0.00260. The average molecular weight is 401 g/mol. The number of nitrogen functional groups attached to an aromatic ring is 1. The van der Waals surface area contributed by atoms with Crippen molar-refractivity contribution in [1.29, 1.82) is 5.26 Å². The number of carbonyl (C=O) groups excluding carboxylic acids is 2. The molecular weight excluding hydrogens is 368 g/mol. The van der Waals surface area contributed by atoms with Crippen LogP contribution in [0.25, 0.3) is 0 Å². The van der Waals surface area contributed by atoms with E-state index in [0.29, 0.717) is 29.6 Å². The summed E-state index contributed by atoms with van der Waals surface area (Å²) < 4.78 is 0. The van der Waals surface area contributed by atoms with E-state index in [4.69, 9.17) is 16.7 Å². The van der Waals surface area contributed by atoms with E-state index in [1.54, 1.807) is 6.07 Å². The van der Waals surface area contributed by atoms with Gasteiger partial charge in [-0.05, 0) is 50.7 Å². The van der Waals surface area contributed by atoms with Crippen LogP contribution in [-0.4, -0.2) is 44.5 Å². The first-order valence-corrected chi connectivity index (χ1v) is 9.98. The zero-order valence-electron chi connectivity index (χ0n) is 17.7. The minimum absolute atomic E-state index is 0.156. The highest BCUT2D eigenvalue weighted by atomic mass is 16.2. The molecule has 158 valence electrons. The second-order valence-corrected chi connectivity index (χ2v) is 7.84. The second kappa shape index (κ2) is 9.61. The van der Waals surface area contributed by atoms with Crippen molar-refractivity contribution < 1.29 is 9.59 Å². The van der Waals surface area contributed by atoms with Crippen molar-refractivity contribution in [3.63, 3.8) is 0 Å². The maximum atomic E-state index is 12.5. The number of rotatable bonds is 6. The Morgan fingerprint density at radius 3 is 2.55 bits per heavy atom.